The normalized spacial score (nSPS) is 16.9. The fourth-order valence-corrected chi connectivity index (χ4v) is 5.73. The molecule has 1 aliphatic rings. The molecule has 3 atom stereocenters. The first kappa shape index (κ1) is 30.3. The van der Waals surface area contributed by atoms with Crippen molar-refractivity contribution in [2.75, 3.05) is 19.8 Å². The first-order valence-electron chi connectivity index (χ1n) is 13.5. The Hall–Kier alpha value is -2.23. The van der Waals surface area contributed by atoms with Crippen LogP contribution in [0.3, 0.4) is 0 Å². The molecule has 2 aromatic carbocycles. The second-order valence-electron chi connectivity index (χ2n) is 12.5. The van der Waals surface area contributed by atoms with Crippen molar-refractivity contribution < 1.29 is 29.3 Å². The molecule has 3 rings (SSSR count). The summed E-state index contributed by atoms with van der Waals surface area (Å²) in [6.45, 7) is 13.4. The number of amides is 1. The third-order valence-electron chi connectivity index (χ3n) is 8.07. The Morgan fingerprint density at radius 3 is 2.03 bits per heavy atom. The van der Waals surface area contributed by atoms with Gasteiger partial charge in [0.25, 0.3) is 0 Å². The van der Waals surface area contributed by atoms with Crippen molar-refractivity contribution >= 4 is 14.4 Å². The molecule has 1 amide bonds. The van der Waals surface area contributed by atoms with Crippen molar-refractivity contribution in [2.45, 2.75) is 82.8 Å². The molecule has 0 bridgehead atoms. The van der Waals surface area contributed by atoms with E-state index in [4.69, 9.17) is 9.16 Å². The molecule has 0 aromatic heterocycles. The average molecular weight is 544 g/mol. The number of aliphatic hydroxyl groups excluding tert-OH is 2. The van der Waals surface area contributed by atoms with E-state index >= 15 is 0 Å². The summed E-state index contributed by atoms with van der Waals surface area (Å²) < 4.78 is 11.8. The number of alkyl carbamates (subject to hydrolysis) is 1. The summed E-state index contributed by atoms with van der Waals surface area (Å²) >= 11 is 0. The zero-order valence-electron chi connectivity index (χ0n) is 23.8. The van der Waals surface area contributed by atoms with Crippen molar-refractivity contribution in [3.05, 3.63) is 59.7 Å². The number of carbonyl (C=O) groups excluding carboxylic acids is 1. The minimum absolute atomic E-state index is 0.0889. The van der Waals surface area contributed by atoms with Crippen molar-refractivity contribution in [2.24, 2.45) is 5.92 Å². The molecule has 0 unspecified atom stereocenters. The van der Waals surface area contributed by atoms with Gasteiger partial charge in [-0.2, -0.15) is 0 Å². The van der Waals surface area contributed by atoms with Gasteiger partial charge in [0, 0.05) is 5.92 Å². The van der Waals surface area contributed by atoms with E-state index in [2.05, 4.69) is 50.4 Å². The lowest BCUT2D eigenvalue weighted by Gasteiger charge is -2.42. The van der Waals surface area contributed by atoms with Gasteiger partial charge in [0.05, 0.1) is 19.3 Å². The van der Waals surface area contributed by atoms with Gasteiger partial charge in [-0.15, -0.1) is 0 Å². The number of benzene rings is 2. The Balaban J connectivity index is 1.71. The molecule has 7 nitrogen and oxygen atoms in total. The summed E-state index contributed by atoms with van der Waals surface area (Å²) in [5.74, 6) is 0.0155. The second-order valence-corrected chi connectivity index (χ2v) is 17.3. The van der Waals surface area contributed by atoms with Crippen LogP contribution in [-0.2, 0) is 9.16 Å². The Kier molecular flexibility index (Phi) is 9.48. The summed E-state index contributed by atoms with van der Waals surface area (Å²) in [6.07, 6.45) is -1.75. The number of ether oxygens (including phenoxy) is 1. The van der Waals surface area contributed by atoms with Crippen LogP contribution in [-0.4, -0.2) is 67.3 Å². The Bertz CT molecular complexity index is 1050. The zero-order chi connectivity index (χ0) is 28.3. The number of carbonyl (C=O) groups is 1. The minimum Gasteiger partial charge on any atom is -0.449 e. The minimum atomic E-state index is -2.26. The van der Waals surface area contributed by atoms with E-state index in [0.717, 1.165) is 22.3 Å². The molecule has 0 radical (unpaired) electrons. The van der Waals surface area contributed by atoms with Gasteiger partial charge in [-0.3, -0.25) is 0 Å². The van der Waals surface area contributed by atoms with Gasteiger partial charge in [0.1, 0.15) is 18.3 Å². The van der Waals surface area contributed by atoms with Gasteiger partial charge in [-0.1, -0.05) is 83.1 Å². The van der Waals surface area contributed by atoms with Gasteiger partial charge in [-0.25, -0.2) is 4.79 Å². The predicted octanol–water partition coefficient (Wildman–Crippen LogP) is 5.05. The molecule has 0 fully saturated rings. The van der Waals surface area contributed by atoms with Gasteiger partial charge in [0.15, 0.2) is 8.32 Å². The average Bonchev–Trinajstić information content (AvgIpc) is 3.18. The monoisotopic (exact) mass is 543 g/mol. The van der Waals surface area contributed by atoms with E-state index in [9.17, 15) is 20.1 Å². The van der Waals surface area contributed by atoms with Crippen molar-refractivity contribution in [3.63, 3.8) is 0 Å². The Morgan fingerprint density at radius 2 is 1.55 bits per heavy atom. The highest BCUT2D eigenvalue weighted by Crippen LogP contribution is 2.44. The van der Waals surface area contributed by atoms with Crippen LogP contribution in [0.5, 0.6) is 0 Å². The number of nitrogens with one attached hydrogen (secondary N) is 1. The molecule has 2 aromatic rings. The predicted molar refractivity (Wildman–Crippen MR) is 153 cm³/mol. The largest absolute Gasteiger partial charge is 0.449 e. The van der Waals surface area contributed by atoms with Gasteiger partial charge >= 0.3 is 6.09 Å². The van der Waals surface area contributed by atoms with Gasteiger partial charge in [0.2, 0.25) is 0 Å². The smallest absolute Gasteiger partial charge is 0.407 e. The number of rotatable bonds is 11. The SMILES string of the molecule is CC(C)C[C@H](NC(=O)OCC1c2ccccc2-c2ccccc21)[C@@H](O)[C@](O)(CO)CO[Si](C)(C)C(C)(C)C. The maximum Gasteiger partial charge on any atom is 0.407 e. The molecule has 0 aliphatic heterocycles. The lowest BCUT2D eigenvalue weighted by Crippen LogP contribution is -2.61. The van der Waals surface area contributed by atoms with Gasteiger partial charge < -0.3 is 29.8 Å². The zero-order valence-corrected chi connectivity index (χ0v) is 24.8. The van der Waals surface area contributed by atoms with E-state index in [1.165, 1.54) is 0 Å². The molecule has 8 heteroatoms. The molecule has 1 aliphatic carbocycles. The standard InChI is InChI=1S/C30H45NO6Si/c1-20(2)16-26(27(33)30(35,18-32)19-37-38(6,7)29(3,4)5)31-28(34)36-17-25-23-14-10-8-12-21(23)22-13-9-11-15-24(22)25/h8-15,20,25-27,32-33,35H,16-19H2,1-7H3,(H,31,34)/t26-,27+,30-/m0/s1. The summed E-state index contributed by atoms with van der Waals surface area (Å²) in [5, 5.41) is 35.2. The molecule has 38 heavy (non-hydrogen) atoms. The fraction of sp³-hybridized carbons (Fsp3) is 0.567. The van der Waals surface area contributed by atoms with Crippen LogP contribution in [0, 0.1) is 5.92 Å². The van der Waals surface area contributed by atoms with E-state index in [1.54, 1.807) is 0 Å². The highest BCUT2D eigenvalue weighted by Gasteiger charge is 2.45. The van der Waals surface area contributed by atoms with E-state index in [0.29, 0.717) is 6.42 Å². The highest BCUT2D eigenvalue weighted by atomic mass is 28.4. The second kappa shape index (κ2) is 11.9. The molecule has 0 saturated heterocycles. The molecular weight excluding hydrogens is 498 g/mol. The molecule has 0 spiro atoms. The lowest BCUT2D eigenvalue weighted by molar-refractivity contribution is -0.139. The fourth-order valence-electron chi connectivity index (χ4n) is 4.69. The summed E-state index contributed by atoms with van der Waals surface area (Å²) in [5.41, 5.74) is 2.56. The Morgan fingerprint density at radius 1 is 1.03 bits per heavy atom. The number of aliphatic hydroxyl groups is 3. The third kappa shape index (κ3) is 6.66. The van der Waals surface area contributed by atoms with E-state index < -0.39 is 38.8 Å². The van der Waals surface area contributed by atoms with E-state index in [-0.39, 0.29) is 30.1 Å². The summed E-state index contributed by atoms with van der Waals surface area (Å²) in [4.78, 5) is 13.0. The Labute approximate surface area is 228 Å². The van der Waals surface area contributed by atoms with E-state index in [1.807, 2.05) is 51.2 Å². The van der Waals surface area contributed by atoms with Crippen LogP contribution >= 0.6 is 0 Å². The van der Waals surface area contributed by atoms with Crippen molar-refractivity contribution in [1.82, 2.24) is 5.32 Å². The third-order valence-corrected chi connectivity index (χ3v) is 12.5. The lowest BCUT2D eigenvalue weighted by atomic mass is 9.88. The molecular formula is C30H45NO6Si. The molecule has 0 heterocycles. The van der Waals surface area contributed by atoms with Crippen LogP contribution in [0.15, 0.2) is 48.5 Å². The highest BCUT2D eigenvalue weighted by molar-refractivity contribution is 6.74. The number of hydrogen-bond donors (Lipinski definition) is 4. The topological polar surface area (TPSA) is 108 Å². The quantitative estimate of drug-likeness (QED) is 0.296. The number of hydrogen-bond acceptors (Lipinski definition) is 6. The summed E-state index contributed by atoms with van der Waals surface area (Å²) in [7, 11) is -2.26. The maximum absolute atomic E-state index is 13.0. The van der Waals surface area contributed by atoms with Crippen molar-refractivity contribution in [3.8, 4) is 11.1 Å². The summed E-state index contributed by atoms with van der Waals surface area (Å²) in [6, 6.07) is 15.4. The van der Waals surface area contributed by atoms with Crippen LogP contribution in [0.4, 0.5) is 4.79 Å². The van der Waals surface area contributed by atoms with Crippen LogP contribution in [0.2, 0.25) is 18.1 Å². The van der Waals surface area contributed by atoms with Crippen LogP contribution < -0.4 is 5.32 Å². The van der Waals surface area contributed by atoms with Gasteiger partial charge in [-0.05, 0) is 52.7 Å². The molecule has 0 saturated carbocycles. The van der Waals surface area contributed by atoms with Crippen molar-refractivity contribution in [1.29, 1.82) is 0 Å². The molecule has 4 N–H and O–H groups in total. The first-order chi connectivity index (χ1) is 17.7. The number of fused-ring (bicyclic) bond motifs is 3. The first-order valence-corrected chi connectivity index (χ1v) is 16.4. The van der Waals surface area contributed by atoms with Crippen LogP contribution in [0.25, 0.3) is 11.1 Å². The van der Waals surface area contributed by atoms with Crippen LogP contribution in [0.1, 0.15) is 58.1 Å². The molecule has 210 valence electrons. The maximum atomic E-state index is 13.0.